The van der Waals surface area contributed by atoms with E-state index in [4.69, 9.17) is 4.74 Å². The third kappa shape index (κ3) is 8.99. The quantitative estimate of drug-likeness (QED) is 0.218. The molecule has 6 nitrogen and oxygen atoms in total. The standard InChI is InChI=1S/C30H40BN3O3/c1-23(2)16-18-34(26-12-14-28(15-13-26)37-21-25-9-6-5-7-10-25)27-11-8-17-33(20-27)30(35)29(19-24(3)4)32-22-31-36/h5-7,9-10,12-16,22,24,27,29H,8,11,17-21H2,1-4H3/t27?,29-/m0/s1. The van der Waals surface area contributed by atoms with Gasteiger partial charge in [-0.3, -0.25) is 0 Å². The number of aliphatic imine (C=N–C) groups is 1. The number of nitrogens with zero attached hydrogens (tertiary/aromatic N) is 3. The number of amides is 1. The van der Waals surface area contributed by atoms with Crippen molar-refractivity contribution in [3.8, 4) is 5.75 Å². The van der Waals surface area contributed by atoms with E-state index in [0.29, 0.717) is 32.6 Å². The van der Waals surface area contributed by atoms with E-state index in [1.165, 1.54) is 11.7 Å². The SMILES string of the molecule is CC(C)=CCN(c1ccc(OCc2ccccc2)cc1)C1CCCN(C(=O)[C@H](CC(C)C)N=CB=O)C1. The molecule has 196 valence electrons. The van der Waals surface area contributed by atoms with Crippen LogP contribution in [-0.2, 0) is 16.1 Å². The molecule has 37 heavy (non-hydrogen) atoms. The molecule has 1 saturated heterocycles. The number of rotatable bonds is 12. The Bertz CT molecular complexity index is 1050. The third-order valence-corrected chi connectivity index (χ3v) is 6.57. The van der Waals surface area contributed by atoms with E-state index in [0.717, 1.165) is 42.9 Å². The number of hydrogen-bond donors (Lipinski definition) is 0. The van der Waals surface area contributed by atoms with E-state index in [-0.39, 0.29) is 11.9 Å². The van der Waals surface area contributed by atoms with Gasteiger partial charge in [-0.05, 0) is 5.56 Å². The molecule has 1 fully saturated rings. The van der Waals surface area contributed by atoms with Crippen molar-refractivity contribution in [2.45, 2.75) is 65.6 Å². The number of allylic oxidation sites excluding steroid dienone is 1. The summed E-state index contributed by atoms with van der Waals surface area (Å²) in [5, 5.41) is 0. The van der Waals surface area contributed by atoms with Crippen LogP contribution in [0.4, 0.5) is 5.69 Å². The van der Waals surface area contributed by atoms with Crippen LogP contribution in [0.1, 0.15) is 52.5 Å². The summed E-state index contributed by atoms with van der Waals surface area (Å²) in [6.07, 6.45) is 6.03. The summed E-state index contributed by atoms with van der Waals surface area (Å²) in [6.45, 7) is 11.0. The van der Waals surface area contributed by atoms with Gasteiger partial charge in [0, 0.05) is 0 Å². The van der Waals surface area contributed by atoms with Gasteiger partial charge >= 0.3 is 175 Å². The van der Waals surface area contributed by atoms with Crippen molar-refractivity contribution in [1.82, 2.24) is 4.90 Å². The van der Waals surface area contributed by atoms with Crippen LogP contribution in [0.5, 0.6) is 5.75 Å². The number of benzene rings is 2. The summed E-state index contributed by atoms with van der Waals surface area (Å²) in [6, 6.07) is 18.1. The second kappa shape index (κ2) is 14.5. The van der Waals surface area contributed by atoms with Crippen molar-refractivity contribution in [3.05, 3.63) is 71.8 Å². The molecule has 0 saturated carbocycles. The summed E-state index contributed by atoms with van der Waals surface area (Å²) < 4.78 is 16.8. The summed E-state index contributed by atoms with van der Waals surface area (Å²) in [4.78, 5) is 22.0. The van der Waals surface area contributed by atoms with Crippen LogP contribution < -0.4 is 9.64 Å². The molecule has 2 aromatic rings. The van der Waals surface area contributed by atoms with Gasteiger partial charge in [0.15, 0.2) is 0 Å². The maximum atomic E-state index is 13.4. The van der Waals surface area contributed by atoms with Gasteiger partial charge in [0.25, 0.3) is 0 Å². The van der Waals surface area contributed by atoms with Crippen molar-refractivity contribution in [1.29, 1.82) is 0 Å². The second-order valence-corrected chi connectivity index (χ2v) is 10.4. The molecule has 2 aromatic carbocycles. The molecule has 1 heterocycles. The van der Waals surface area contributed by atoms with Gasteiger partial charge in [-0.2, -0.15) is 0 Å². The van der Waals surface area contributed by atoms with Crippen LogP contribution in [0, 0.1) is 5.92 Å². The Morgan fingerprint density at radius 3 is 2.54 bits per heavy atom. The van der Waals surface area contributed by atoms with Gasteiger partial charge in [-0.15, -0.1) is 0 Å². The fourth-order valence-corrected chi connectivity index (χ4v) is 4.65. The van der Waals surface area contributed by atoms with Crippen LogP contribution >= 0.6 is 0 Å². The molecular weight excluding hydrogens is 461 g/mol. The number of ether oxygens (including phenoxy) is 1. The fourth-order valence-electron chi connectivity index (χ4n) is 4.65. The first kappa shape index (κ1) is 28.4. The maximum absolute atomic E-state index is 13.4. The Morgan fingerprint density at radius 1 is 1.16 bits per heavy atom. The summed E-state index contributed by atoms with van der Waals surface area (Å²) >= 11 is 0. The monoisotopic (exact) mass is 501 g/mol. The molecule has 7 heteroatoms. The van der Waals surface area contributed by atoms with E-state index in [1.807, 2.05) is 35.2 Å². The molecule has 1 unspecified atom stereocenters. The van der Waals surface area contributed by atoms with Gasteiger partial charge in [0.05, 0.1) is 0 Å². The minimum absolute atomic E-state index is 0.0170. The van der Waals surface area contributed by atoms with E-state index >= 15 is 0 Å². The number of carbonyl (C=O) groups is 1. The van der Waals surface area contributed by atoms with Gasteiger partial charge < -0.3 is 4.74 Å². The van der Waals surface area contributed by atoms with Crippen LogP contribution in [0.2, 0.25) is 0 Å². The molecule has 0 aliphatic carbocycles. The third-order valence-electron chi connectivity index (χ3n) is 6.57. The molecular formula is C30H40BN3O3. The van der Waals surface area contributed by atoms with E-state index in [2.05, 4.69) is 67.9 Å². The van der Waals surface area contributed by atoms with Gasteiger partial charge in [0.2, 0.25) is 0 Å². The Hall–Kier alpha value is -3.22. The van der Waals surface area contributed by atoms with E-state index in [9.17, 15) is 9.50 Å². The first-order chi connectivity index (χ1) is 17.9. The van der Waals surface area contributed by atoms with Crippen LogP contribution in [0.15, 0.2) is 71.2 Å². The Balaban J connectivity index is 1.74. The van der Waals surface area contributed by atoms with E-state index < -0.39 is 6.04 Å². The molecule has 0 aromatic heterocycles. The first-order valence-electron chi connectivity index (χ1n) is 13.3. The molecule has 3 rings (SSSR count). The van der Waals surface area contributed by atoms with Gasteiger partial charge in [-0.25, -0.2) is 0 Å². The van der Waals surface area contributed by atoms with Crippen molar-refractivity contribution in [3.63, 3.8) is 0 Å². The van der Waals surface area contributed by atoms with Crippen LogP contribution in [-0.4, -0.2) is 55.8 Å². The summed E-state index contributed by atoms with van der Waals surface area (Å²) in [7, 11) is 0.647. The average molecular weight is 501 g/mol. The second-order valence-electron chi connectivity index (χ2n) is 10.4. The minimum atomic E-state index is -0.503. The average Bonchev–Trinajstić information content (AvgIpc) is 2.90. The number of piperidine rings is 1. The van der Waals surface area contributed by atoms with Crippen molar-refractivity contribution in [2.75, 3.05) is 24.5 Å². The molecule has 1 amide bonds. The number of carbonyl (C=O) groups excluding carboxylic acids is 1. The predicted octanol–water partition coefficient (Wildman–Crippen LogP) is 5.52. The molecule has 1 aliphatic heterocycles. The number of hydrogen-bond acceptors (Lipinski definition) is 5. The zero-order valence-electron chi connectivity index (χ0n) is 22.7. The zero-order chi connectivity index (χ0) is 26.6. The van der Waals surface area contributed by atoms with Gasteiger partial charge in [-0.1, -0.05) is 30.3 Å². The van der Waals surface area contributed by atoms with Crippen molar-refractivity contribution >= 4 is 24.9 Å². The molecule has 0 spiro atoms. The predicted molar refractivity (Wildman–Crippen MR) is 152 cm³/mol. The van der Waals surface area contributed by atoms with Crippen molar-refractivity contribution < 1.29 is 14.2 Å². The van der Waals surface area contributed by atoms with Gasteiger partial charge in [0.1, 0.15) is 6.61 Å². The molecule has 0 N–H and O–H groups in total. The van der Waals surface area contributed by atoms with E-state index in [1.54, 1.807) is 0 Å². The normalized spacial score (nSPS) is 16.4. The fraction of sp³-hybridized carbons (Fsp3) is 0.467. The summed E-state index contributed by atoms with van der Waals surface area (Å²) in [5.74, 6) is 1.17. The number of anilines is 1. The Labute approximate surface area is 222 Å². The summed E-state index contributed by atoms with van der Waals surface area (Å²) in [5.41, 5.74) is 3.51. The molecule has 0 radical (unpaired) electrons. The van der Waals surface area contributed by atoms with Crippen LogP contribution in [0.25, 0.3) is 0 Å². The zero-order valence-corrected chi connectivity index (χ0v) is 22.7. The number of likely N-dealkylation sites (tertiary alicyclic amines) is 1. The Morgan fingerprint density at radius 2 is 1.89 bits per heavy atom. The van der Waals surface area contributed by atoms with Crippen LogP contribution in [0.3, 0.4) is 0 Å². The molecule has 0 bridgehead atoms. The van der Waals surface area contributed by atoms with Crippen molar-refractivity contribution in [2.24, 2.45) is 10.9 Å². The topological polar surface area (TPSA) is 62.2 Å². The Kier molecular flexibility index (Phi) is 11.1. The molecule has 2 atom stereocenters. The molecule has 1 aliphatic rings. The first-order valence-corrected chi connectivity index (χ1v) is 13.3.